The highest BCUT2D eigenvalue weighted by Crippen LogP contribution is 2.30. The number of anilines is 1. The third-order valence-corrected chi connectivity index (χ3v) is 7.56. The van der Waals surface area contributed by atoms with Crippen molar-refractivity contribution in [3.8, 4) is 11.5 Å². The van der Waals surface area contributed by atoms with Crippen molar-refractivity contribution < 1.29 is 22.7 Å². The summed E-state index contributed by atoms with van der Waals surface area (Å²) in [6.45, 7) is 3.31. The molecule has 1 atom stereocenters. The molecule has 9 heteroatoms. The fourth-order valence-corrected chi connectivity index (χ4v) is 5.21. The minimum Gasteiger partial charge on any atom is -0.493 e. The SMILES string of the molecule is COc1ccc([C@@H](C)NC(=O)CN(c2cccc(Br)c2)S(=O)(=O)c2ccc(C)cc2)cc1OC. The van der Waals surface area contributed by atoms with Gasteiger partial charge in [0.05, 0.1) is 30.8 Å². The Labute approximate surface area is 208 Å². The zero-order valence-electron chi connectivity index (χ0n) is 19.4. The van der Waals surface area contributed by atoms with E-state index in [0.717, 1.165) is 15.4 Å². The van der Waals surface area contributed by atoms with Crippen molar-refractivity contribution in [2.75, 3.05) is 25.1 Å². The van der Waals surface area contributed by atoms with Gasteiger partial charge in [0.1, 0.15) is 6.54 Å². The Morgan fingerprint density at radius 2 is 1.68 bits per heavy atom. The molecule has 0 heterocycles. The lowest BCUT2D eigenvalue weighted by atomic mass is 10.1. The van der Waals surface area contributed by atoms with E-state index in [1.165, 1.54) is 7.11 Å². The third-order valence-electron chi connectivity index (χ3n) is 5.28. The van der Waals surface area contributed by atoms with Crippen LogP contribution in [-0.2, 0) is 14.8 Å². The summed E-state index contributed by atoms with van der Waals surface area (Å²) in [4.78, 5) is 13.1. The lowest BCUT2D eigenvalue weighted by Gasteiger charge is -2.25. The molecule has 0 aliphatic carbocycles. The minimum absolute atomic E-state index is 0.110. The van der Waals surface area contributed by atoms with Gasteiger partial charge in [0.2, 0.25) is 5.91 Å². The monoisotopic (exact) mass is 546 g/mol. The molecular weight excluding hydrogens is 520 g/mol. The van der Waals surface area contributed by atoms with Gasteiger partial charge in [-0.25, -0.2) is 8.42 Å². The van der Waals surface area contributed by atoms with Gasteiger partial charge >= 0.3 is 0 Å². The van der Waals surface area contributed by atoms with Gasteiger partial charge in [-0.15, -0.1) is 0 Å². The van der Waals surface area contributed by atoms with E-state index in [-0.39, 0.29) is 11.4 Å². The molecule has 0 bridgehead atoms. The Morgan fingerprint density at radius 3 is 2.29 bits per heavy atom. The van der Waals surface area contributed by atoms with Crippen molar-refractivity contribution in [3.63, 3.8) is 0 Å². The number of sulfonamides is 1. The number of ether oxygens (including phenoxy) is 2. The first-order valence-electron chi connectivity index (χ1n) is 10.5. The first kappa shape index (κ1) is 25.6. The lowest BCUT2D eigenvalue weighted by molar-refractivity contribution is -0.120. The van der Waals surface area contributed by atoms with E-state index in [1.54, 1.807) is 67.8 Å². The largest absolute Gasteiger partial charge is 0.493 e. The molecule has 0 unspecified atom stereocenters. The number of amides is 1. The molecule has 1 amide bonds. The summed E-state index contributed by atoms with van der Waals surface area (Å²) in [5.74, 6) is 0.673. The molecule has 1 N–H and O–H groups in total. The van der Waals surface area contributed by atoms with Gasteiger partial charge < -0.3 is 14.8 Å². The highest BCUT2D eigenvalue weighted by Gasteiger charge is 2.28. The molecule has 0 aliphatic rings. The van der Waals surface area contributed by atoms with Gasteiger partial charge in [0.15, 0.2) is 11.5 Å². The number of halogens is 1. The van der Waals surface area contributed by atoms with Crippen molar-refractivity contribution >= 4 is 37.5 Å². The molecule has 3 aromatic carbocycles. The molecule has 3 aromatic rings. The topological polar surface area (TPSA) is 84.9 Å². The van der Waals surface area contributed by atoms with Crippen molar-refractivity contribution in [1.82, 2.24) is 5.32 Å². The molecular formula is C25H27BrN2O5S. The molecule has 3 rings (SSSR count). The maximum atomic E-state index is 13.5. The van der Waals surface area contributed by atoms with Gasteiger partial charge in [0, 0.05) is 4.47 Å². The number of methoxy groups -OCH3 is 2. The van der Waals surface area contributed by atoms with E-state index < -0.39 is 22.0 Å². The molecule has 0 radical (unpaired) electrons. The zero-order valence-corrected chi connectivity index (χ0v) is 21.8. The molecule has 0 spiro atoms. The Kier molecular flexibility index (Phi) is 8.22. The van der Waals surface area contributed by atoms with E-state index >= 15 is 0 Å². The maximum absolute atomic E-state index is 13.5. The number of aryl methyl sites for hydroxylation is 1. The van der Waals surface area contributed by atoms with Gasteiger partial charge in [-0.3, -0.25) is 9.10 Å². The summed E-state index contributed by atoms with van der Waals surface area (Å²) >= 11 is 3.38. The number of rotatable bonds is 9. The minimum atomic E-state index is -3.99. The number of nitrogens with zero attached hydrogens (tertiary/aromatic N) is 1. The second kappa shape index (κ2) is 10.9. The van der Waals surface area contributed by atoms with Crippen LogP contribution < -0.4 is 19.1 Å². The van der Waals surface area contributed by atoms with Crippen molar-refractivity contribution in [3.05, 3.63) is 82.3 Å². The Balaban J connectivity index is 1.88. The summed E-state index contributed by atoms with van der Waals surface area (Å²) in [5.41, 5.74) is 2.11. The second-order valence-corrected chi connectivity index (χ2v) is 10.5. The maximum Gasteiger partial charge on any atom is 0.264 e. The predicted molar refractivity (Wildman–Crippen MR) is 136 cm³/mol. The van der Waals surface area contributed by atoms with Crippen molar-refractivity contribution in [2.24, 2.45) is 0 Å². The third kappa shape index (κ3) is 5.90. The first-order chi connectivity index (χ1) is 16.1. The summed E-state index contributed by atoms with van der Waals surface area (Å²) in [5, 5.41) is 2.88. The van der Waals surface area contributed by atoms with Crippen LogP contribution in [0, 0.1) is 6.92 Å². The Bertz CT molecular complexity index is 1260. The Morgan fingerprint density at radius 1 is 1.00 bits per heavy atom. The molecule has 0 saturated heterocycles. The van der Waals surface area contributed by atoms with Crippen LogP contribution in [0.25, 0.3) is 0 Å². The number of nitrogens with one attached hydrogen (secondary N) is 1. The predicted octanol–water partition coefficient (Wildman–Crippen LogP) is 4.85. The number of hydrogen-bond donors (Lipinski definition) is 1. The van der Waals surface area contributed by atoms with Crippen molar-refractivity contribution in [1.29, 1.82) is 0 Å². The summed E-state index contributed by atoms with van der Waals surface area (Å²) < 4.78 is 39.4. The standard InChI is InChI=1S/C25H27BrN2O5S/c1-17-8-11-22(12-9-17)34(30,31)28(21-7-5-6-20(26)15-21)16-25(29)27-18(2)19-10-13-23(32-3)24(14-19)33-4/h5-15,18H,16H2,1-4H3,(H,27,29)/t18-/m1/s1. The van der Waals surface area contributed by atoms with Gasteiger partial charge in [0.25, 0.3) is 10.0 Å². The highest BCUT2D eigenvalue weighted by atomic mass is 79.9. The molecule has 0 saturated carbocycles. The van der Waals surface area contributed by atoms with Crippen LogP contribution in [0.1, 0.15) is 24.1 Å². The van der Waals surface area contributed by atoms with E-state index in [9.17, 15) is 13.2 Å². The second-order valence-electron chi connectivity index (χ2n) is 7.71. The molecule has 7 nitrogen and oxygen atoms in total. The van der Waals surface area contributed by atoms with Crippen LogP contribution in [0.2, 0.25) is 0 Å². The van der Waals surface area contributed by atoms with E-state index in [0.29, 0.717) is 21.7 Å². The average Bonchev–Trinajstić information content (AvgIpc) is 2.82. The zero-order chi connectivity index (χ0) is 24.9. The van der Waals surface area contributed by atoms with E-state index in [1.807, 2.05) is 19.9 Å². The number of hydrogen-bond acceptors (Lipinski definition) is 5. The molecule has 180 valence electrons. The summed E-state index contributed by atoms with van der Waals surface area (Å²) in [7, 11) is -0.900. The molecule has 34 heavy (non-hydrogen) atoms. The number of benzene rings is 3. The van der Waals surface area contributed by atoms with Gasteiger partial charge in [-0.2, -0.15) is 0 Å². The van der Waals surface area contributed by atoms with E-state index in [4.69, 9.17) is 9.47 Å². The van der Waals surface area contributed by atoms with Gasteiger partial charge in [-0.05, 0) is 61.9 Å². The number of carbonyl (C=O) groups is 1. The van der Waals surface area contributed by atoms with Crippen LogP contribution in [0.15, 0.2) is 76.1 Å². The fraction of sp³-hybridized carbons (Fsp3) is 0.240. The molecule has 0 aliphatic heterocycles. The van der Waals surface area contributed by atoms with Crippen molar-refractivity contribution in [2.45, 2.75) is 24.8 Å². The molecule has 0 aromatic heterocycles. The van der Waals surface area contributed by atoms with Crippen LogP contribution >= 0.6 is 15.9 Å². The quantitative estimate of drug-likeness (QED) is 0.414. The van der Waals surface area contributed by atoms with Crippen LogP contribution in [0.4, 0.5) is 5.69 Å². The fourth-order valence-electron chi connectivity index (χ4n) is 3.41. The van der Waals surface area contributed by atoms with Crippen LogP contribution in [-0.4, -0.2) is 35.1 Å². The average molecular weight is 547 g/mol. The van der Waals surface area contributed by atoms with Gasteiger partial charge in [-0.1, -0.05) is 45.8 Å². The Hall–Kier alpha value is -3.04. The number of carbonyl (C=O) groups excluding carboxylic acids is 1. The first-order valence-corrected chi connectivity index (χ1v) is 12.7. The van der Waals surface area contributed by atoms with Crippen LogP contribution in [0.3, 0.4) is 0 Å². The smallest absolute Gasteiger partial charge is 0.264 e. The molecule has 0 fully saturated rings. The summed E-state index contributed by atoms with van der Waals surface area (Å²) in [6, 6.07) is 18.3. The van der Waals surface area contributed by atoms with E-state index in [2.05, 4.69) is 21.2 Å². The lowest BCUT2D eigenvalue weighted by Crippen LogP contribution is -2.41. The highest BCUT2D eigenvalue weighted by molar-refractivity contribution is 9.10. The summed E-state index contributed by atoms with van der Waals surface area (Å²) in [6.07, 6.45) is 0. The van der Waals surface area contributed by atoms with Crippen LogP contribution in [0.5, 0.6) is 11.5 Å². The normalized spacial score (nSPS) is 12.0.